The number of carbonyl (C=O) groups is 2. The minimum Gasteiger partial charge on any atom is -0.508 e. The number of hydrogen-bond acceptors (Lipinski definition) is 3. The van der Waals surface area contributed by atoms with E-state index in [9.17, 15) is 9.59 Å². The highest BCUT2D eigenvalue weighted by Crippen LogP contribution is 2.14. The summed E-state index contributed by atoms with van der Waals surface area (Å²) in [5.74, 6) is -0.0584. The third-order valence-electron chi connectivity index (χ3n) is 2.41. The fourth-order valence-electron chi connectivity index (χ4n) is 1.53. The van der Waals surface area contributed by atoms with Crippen LogP contribution in [-0.2, 0) is 0 Å². The molecule has 0 aliphatic rings. The molecule has 0 aliphatic heterocycles. The maximum absolute atomic E-state index is 12.0. The van der Waals surface area contributed by atoms with Crippen molar-refractivity contribution < 1.29 is 14.7 Å². The van der Waals surface area contributed by atoms with E-state index >= 15 is 0 Å². The van der Waals surface area contributed by atoms with Crippen LogP contribution in [0.4, 0.5) is 0 Å². The van der Waals surface area contributed by atoms with Gasteiger partial charge in [0.2, 0.25) is 0 Å². The van der Waals surface area contributed by atoms with Gasteiger partial charge in [0.25, 0.3) is 0 Å². The Morgan fingerprint density at radius 2 is 1.71 bits per heavy atom. The third-order valence-corrected chi connectivity index (χ3v) is 2.41. The molecule has 0 atom stereocenters. The van der Waals surface area contributed by atoms with Crippen LogP contribution in [0.1, 0.15) is 26.3 Å². The molecule has 0 saturated carbocycles. The minimum absolute atomic E-state index is 0.114. The molecule has 0 amide bonds. The lowest BCUT2D eigenvalue weighted by Gasteiger charge is -2.02. The number of aldehydes is 1. The van der Waals surface area contributed by atoms with Crippen molar-refractivity contribution in [1.29, 1.82) is 0 Å². The van der Waals surface area contributed by atoms with Crippen LogP contribution in [0.25, 0.3) is 0 Å². The molecule has 2 aromatic rings. The first-order valence-electron chi connectivity index (χ1n) is 5.09. The Kier molecular flexibility index (Phi) is 3.01. The second-order valence-electron chi connectivity index (χ2n) is 3.62. The Morgan fingerprint density at radius 1 is 1.00 bits per heavy atom. The highest BCUT2D eigenvalue weighted by molar-refractivity contribution is 6.09. The maximum atomic E-state index is 12.0. The maximum Gasteiger partial charge on any atom is 0.193 e. The molecule has 2 aromatic carbocycles. The van der Waals surface area contributed by atoms with Gasteiger partial charge in [-0.05, 0) is 30.3 Å². The monoisotopic (exact) mass is 226 g/mol. The van der Waals surface area contributed by atoms with Crippen molar-refractivity contribution in [1.82, 2.24) is 0 Å². The number of rotatable bonds is 3. The van der Waals surface area contributed by atoms with Crippen molar-refractivity contribution in [3.8, 4) is 5.75 Å². The van der Waals surface area contributed by atoms with Gasteiger partial charge in [-0.2, -0.15) is 0 Å². The van der Waals surface area contributed by atoms with Crippen LogP contribution in [0.3, 0.4) is 0 Å². The van der Waals surface area contributed by atoms with E-state index in [2.05, 4.69) is 0 Å². The zero-order valence-electron chi connectivity index (χ0n) is 8.96. The number of benzene rings is 2. The van der Waals surface area contributed by atoms with Crippen LogP contribution in [-0.4, -0.2) is 17.2 Å². The average molecular weight is 226 g/mol. The quantitative estimate of drug-likeness (QED) is 0.646. The molecule has 0 bridgehead atoms. The van der Waals surface area contributed by atoms with Crippen molar-refractivity contribution in [2.45, 2.75) is 0 Å². The molecule has 3 heteroatoms. The largest absolute Gasteiger partial charge is 0.508 e. The lowest BCUT2D eigenvalue weighted by molar-refractivity contribution is 0.103. The van der Waals surface area contributed by atoms with Crippen molar-refractivity contribution in [3.63, 3.8) is 0 Å². The first kappa shape index (κ1) is 11.1. The summed E-state index contributed by atoms with van der Waals surface area (Å²) in [6.45, 7) is 0. The van der Waals surface area contributed by atoms with Crippen LogP contribution >= 0.6 is 0 Å². The molecule has 0 radical (unpaired) electrons. The summed E-state index contributed by atoms with van der Waals surface area (Å²) < 4.78 is 0. The van der Waals surface area contributed by atoms with Gasteiger partial charge in [-0.1, -0.05) is 18.2 Å². The molecule has 0 aromatic heterocycles. The van der Waals surface area contributed by atoms with Gasteiger partial charge in [0.1, 0.15) is 12.0 Å². The first-order valence-corrected chi connectivity index (χ1v) is 5.09. The lowest BCUT2D eigenvalue weighted by Crippen LogP contribution is -2.01. The topological polar surface area (TPSA) is 54.4 Å². The predicted molar refractivity (Wildman–Crippen MR) is 63.4 cm³/mol. The Morgan fingerprint density at radius 3 is 2.35 bits per heavy atom. The highest BCUT2D eigenvalue weighted by atomic mass is 16.3. The molecule has 3 nitrogen and oxygen atoms in total. The predicted octanol–water partition coefficient (Wildman–Crippen LogP) is 2.44. The number of ketones is 1. The van der Waals surface area contributed by atoms with E-state index in [0.29, 0.717) is 23.0 Å². The molecule has 0 saturated heterocycles. The molecule has 0 heterocycles. The zero-order chi connectivity index (χ0) is 12.3. The van der Waals surface area contributed by atoms with E-state index in [1.165, 1.54) is 12.1 Å². The van der Waals surface area contributed by atoms with Gasteiger partial charge < -0.3 is 5.11 Å². The van der Waals surface area contributed by atoms with Gasteiger partial charge in [-0.15, -0.1) is 0 Å². The fourth-order valence-corrected chi connectivity index (χ4v) is 1.53. The summed E-state index contributed by atoms with van der Waals surface area (Å²) in [6, 6.07) is 12.5. The molecule has 0 spiro atoms. The molecule has 0 fully saturated rings. The number of hydrogen-bond donors (Lipinski definition) is 1. The van der Waals surface area contributed by atoms with E-state index < -0.39 is 0 Å². The smallest absolute Gasteiger partial charge is 0.193 e. The van der Waals surface area contributed by atoms with Gasteiger partial charge in [-0.25, -0.2) is 0 Å². The standard InChI is InChI=1S/C14H10O3/c15-9-10-2-1-3-12(8-10)14(17)11-4-6-13(16)7-5-11/h1-9,16H. The molecular formula is C14H10O3. The van der Waals surface area contributed by atoms with Crippen LogP contribution in [0.15, 0.2) is 48.5 Å². The van der Waals surface area contributed by atoms with Crippen molar-refractivity contribution in [3.05, 3.63) is 65.2 Å². The van der Waals surface area contributed by atoms with E-state index in [-0.39, 0.29) is 11.5 Å². The number of aromatic hydroxyl groups is 1. The summed E-state index contributed by atoms with van der Waals surface area (Å²) in [5, 5.41) is 9.13. The number of phenolic OH excluding ortho intramolecular Hbond substituents is 1. The summed E-state index contributed by atoms with van der Waals surface area (Å²) in [5.41, 5.74) is 1.40. The van der Waals surface area contributed by atoms with Crippen LogP contribution in [0, 0.1) is 0 Å². The molecular weight excluding hydrogens is 216 g/mol. The Labute approximate surface area is 98.3 Å². The normalized spacial score (nSPS) is 9.88. The molecule has 0 unspecified atom stereocenters. The zero-order valence-corrected chi connectivity index (χ0v) is 8.96. The number of phenols is 1. The van der Waals surface area contributed by atoms with Crippen molar-refractivity contribution in [2.75, 3.05) is 0 Å². The fraction of sp³-hybridized carbons (Fsp3) is 0. The Hall–Kier alpha value is -2.42. The van der Waals surface area contributed by atoms with Gasteiger partial charge in [0.05, 0.1) is 0 Å². The van der Waals surface area contributed by atoms with Crippen LogP contribution in [0.5, 0.6) is 5.75 Å². The Balaban J connectivity index is 2.36. The second kappa shape index (κ2) is 4.61. The van der Waals surface area contributed by atoms with E-state index in [1.807, 2.05) is 0 Å². The van der Waals surface area contributed by atoms with Crippen molar-refractivity contribution in [2.24, 2.45) is 0 Å². The van der Waals surface area contributed by atoms with Crippen LogP contribution < -0.4 is 0 Å². The summed E-state index contributed by atoms with van der Waals surface area (Å²) in [6.07, 6.45) is 0.702. The molecule has 2 rings (SSSR count). The molecule has 17 heavy (non-hydrogen) atoms. The SMILES string of the molecule is O=Cc1cccc(C(=O)c2ccc(O)cc2)c1. The van der Waals surface area contributed by atoms with E-state index in [4.69, 9.17) is 5.11 Å². The van der Waals surface area contributed by atoms with Gasteiger partial charge in [0.15, 0.2) is 5.78 Å². The van der Waals surface area contributed by atoms with Gasteiger partial charge in [-0.3, -0.25) is 9.59 Å². The molecule has 84 valence electrons. The summed E-state index contributed by atoms with van der Waals surface area (Å²) in [4.78, 5) is 22.6. The summed E-state index contributed by atoms with van der Waals surface area (Å²) in [7, 11) is 0. The van der Waals surface area contributed by atoms with Gasteiger partial charge in [0, 0.05) is 16.7 Å². The minimum atomic E-state index is -0.172. The van der Waals surface area contributed by atoms with Crippen molar-refractivity contribution >= 4 is 12.1 Å². The number of carbonyl (C=O) groups excluding carboxylic acids is 2. The first-order chi connectivity index (χ1) is 8.20. The molecule has 0 aliphatic carbocycles. The molecule has 1 N–H and O–H groups in total. The lowest BCUT2D eigenvalue weighted by atomic mass is 10.0. The van der Waals surface area contributed by atoms with E-state index in [1.54, 1.807) is 36.4 Å². The third kappa shape index (κ3) is 2.39. The van der Waals surface area contributed by atoms with E-state index in [0.717, 1.165) is 0 Å². The van der Waals surface area contributed by atoms with Gasteiger partial charge >= 0.3 is 0 Å². The average Bonchev–Trinajstić information content (AvgIpc) is 2.39. The van der Waals surface area contributed by atoms with Crippen LogP contribution in [0.2, 0.25) is 0 Å². The Bertz CT molecular complexity index is 556. The summed E-state index contributed by atoms with van der Waals surface area (Å²) >= 11 is 0. The second-order valence-corrected chi connectivity index (χ2v) is 3.62. The highest BCUT2D eigenvalue weighted by Gasteiger charge is 2.09.